The summed E-state index contributed by atoms with van der Waals surface area (Å²) < 4.78 is 0. The van der Waals surface area contributed by atoms with Crippen LogP contribution in [0.5, 0.6) is 0 Å². The molecular formula is C20H16N2. The zero-order valence-electron chi connectivity index (χ0n) is 12.1. The van der Waals surface area contributed by atoms with Crippen molar-refractivity contribution >= 4 is 32.9 Å². The van der Waals surface area contributed by atoms with Gasteiger partial charge in [-0.3, -0.25) is 5.01 Å². The Balaban J connectivity index is 1.78. The highest BCUT2D eigenvalue weighted by molar-refractivity contribution is 5.89. The molecule has 22 heavy (non-hydrogen) atoms. The predicted octanol–water partition coefficient (Wildman–Crippen LogP) is 5.00. The van der Waals surface area contributed by atoms with E-state index in [0.717, 1.165) is 11.4 Å². The van der Waals surface area contributed by atoms with Crippen molar-refractivity contribution < 1.29 is 0 Å². The molecule has 0 atom stereocenters. The molecule has 106 valence electrons. The van der Waals surface area contributed by atoms with Crippen LogP contribution in [0.25, 0.3) is 21.5 Å². The van der Waals surface area contributed by atoms with Gasteiger partial charge in [0.15, 0.2) is 0 Å². The summed E-state index contributed by atoms with van der Waals surface area (Å²) in [6.07, 6.45) is 0. The first-order valence-corrected chi connectivity index (χ1v) is 7.34. The van der Waals surface area contributed by atoms with Gasteiger partial charge in [-0.1, -0.05) is 60.7 Å². The normalized spacial score (nSPS) is 11.0. The van der Waals surface area contributed by atoms with Gasteiger partial charge in [-0.2, -0.15) is 0 Å². The summed E-state index contributed by atoms with van der Waals surface area (Å²) in [5, 5.41) is 6.56. The van der Waals surface area contributed by atoms with E-state index in [-0.39, 0.29) is 0 Å². The lowest BCUT2D eigenvalue weighted by atomic mass is 10.1. The number of anilines is 2. The monoisotopic (exact) mass is 284 g/mol. The first kappa shape index (κ1) is 12.9. The van der Waals surface area contributed by atoms with Gasteiger partial charge >= 0.3 is 0 Å². The van der Waals surface area contributed by atoms with Gasteiger partial charge in [0.1, 0.15) is 0 Å². The molecule has 0 aliphatic heterocycles. The van der Waals surface area contributed by atoms with Crippen molar-refractivity contribution in [3.8, 4) is 0 Å². The molecule has 0 saturated heterocycles. The molecule has 0 aromatic heterocycles. The third-order valence-electron chi connectivity index (χ3n) is 4.02. The maximum absolute atomic E-state index is 6.33. The fraction of sp³-hybridized carbons (Fsp3) is 0. The lowest BCUT2D eigenvalue weighted by molar-refractivity contribution is 1.09. The first-order valence-electron chi connectivity index (χ1n) is 7.34. The van der Waals surface area contributed by atoms with E-state index in [2.05, 4.69) is 60.7 Å². The third kappa shape index (κ3) is 2.20. The molecule has 0 saturated carbocycles. The van der Waals surface area contributed by atoms with Gasteiger partial charge in [0.25, 0.3) is 0 Å². The second kappa shape index (κ2) is 5.17. The minimum atomic E-state index is 0.981. The number of nitrogens with two attached hydrogens (primary N) is 1. The Morgan fingerprint density at radius 2 is 0.909 bits per heavy atom. The van der Waals surface area contributed by atoms with Crippen LogP contribution < -0.4 is 10.9 Å². The van der Waals surface area contributed by atoms with Crippen LogP contribution in [0.2, 0.25) is 0 Å². The lowest BCUT2D eigenvalue weighted by Crippen LogP contribution is -2.24. The second-order valence-corrected chi connectivity index (χ2v) is 5.43. The van der Waals surface area contributed by atoms with Crippen LogP contribution in [0.3, 0.4) is 0 Å². The summed E-state index contributed by atoms with van der Waals surface area (Å²) in [7, 11) is 0. The average molecular weight is 284 g/mol. The summed E-state index contributed by atoms with van der Waals surface area (Å²) in [5.41, 5.74) is 1.96. The topological polar surface area (TPSA) is 29.3 Å². The van der Waals surface area contributed by atoms with Crippen LogP contribution in [0.1, 0.15) is 0 Å². The number of hydrogen-bond donors (Lipinski definition) is 1. The third-order valence-corrected chi connectivity index (χ3v) is 4.02. The van der Waals surface area contributed by atoms with Crippen LogP contribution in [0.15, 0.2) is 84.9 Å². The lowest BCUT2D eigenvalue weighted by Gasteiger charge is -2.20. The van der Waals surface area contributed by atoms with E-state index >= 15 is 0 Å². The number of hydrogen-bond acceptors (Lipinski definition) is 2. The SMILES string of the molecule is NN(c1ccc2ccccc2c1)c1ccc2ccccc2c1. The molecule has 2 heteroatoms. The van der Waals surface area contributed by atoms with Crippen molar-refractivity contribution in [1.82, 2.24) is 0 Å². The van der Waals surface area contributed by atoms with Crippen LogP contribution in [-0.2, 0) is 0 Å². The zero-order chi connectivity index (χ0) is 14.9. The minimum Gasteiger partial charge on any atom is -0.280 e. The second-order valence-electron chi connectivity index (χ2n) is 5.43. The molecule has 0 unspecified atom stereocenters. The molecule has 4 aromatic carbocycles. The van der Waals surface area contributed by atoms with Crippen LogP contribution >= 0.6 is 0 Å². The molecule has 4 aromatic rings. The molecule has 4 rings (SSSR count). The molecule has 0 aliphatic rings. The van der Waals surface area contributed by atoms with Gasteiger partial charge in [-0.15, -0.1) is 0 Å². The molecule has 2 N–H and O–H groups in total. The van der Waals surface area contributed by atoms with E-state index in [9.17, 15) is 0 Å². The standard InChI is InChI=1S/C20H16N2/c21-22(19-11-9-15-5-1-3-7-17(15)13-19)20-12-10-16-6-2-4-8-18(16)14-20/h1-14H,21H2. The molecule has 0 heterocycles. The van der Waals surface area contributed by atoms with Gasteiger partial charge in [-0.25, -0.2) is 5.84 Å². The summed E-state index contributed by atoms with van der Waals surface area (Å²) >= 11 is 0. The highest BCUT2D eigenvalue weighted by Gasteiger charge is 2.06. The minimum absolute atomic E-state index is 0.981. The Morgan fingerprint density at radius 3 is 1.36 bits per heavy atom. The van der Waals surface area contributed by atoms with Crippen molar-refractivity contribution in [3.05, 3.63) is 84.9 Å². The number of nitrogens with zero attached hydrogens (tertiary/aromatic N) is 1. The highest BCUT2D eigenvalue weighted by Crippen LogP contribution is 2.28. The van der Waals surface area contributed by atoms with Crippen LogP contribution in [-0.4, -0.2) is 0 Å². The van der Waals surface area contributed by atoms with Gasteiger partial charge in [0.05, 0.1) is 11.4 Å². The Kier molecular flexibility index (Phi) is 3.02. The fourth-order valence-corrected chi connectivity index (χ4v) is 2.80. The van der Waals surface area contributed by atoms with E-state index < -0.39 is 0 Å². The van der Waals surface area contributed by atoms with Crippen molar-refractivity contribution in [2.75, 3.05) is 5.01 Å². The van der Waals surface area contributed by atoms with E-state index in [1.54, 1.807) is 5.01 Å². The maximum atomic E-state index is 6.33. The van der Waals surface area contributed by atoms with Gasteiger partial charge in [0, 0.05) is 0 Å². The Hall–Kier alpha value is -2.84. The maximum Gasteiger partial charge on any atom is 0.0581 e. The molecule has 0 spiro atoms. The molecule has 0 bridgehead atoms. The Morgan fingerprint density at radius 1 is 0.500 bits per heavy atom. The smallest absolute Gasteiger partial charge is 0.0581 e. The number of hydrazine groups is 1. The van der Waals surface area contributed by atoms with Crippen molar-refractivity contribution in [2.45, 2.75) is 0 Å². The van der Waals surface area contributed by atoms with Gasteiger partial charge < -0.3 is 0 Å². The number of rotatable bonds is 2. The Bertz CT molecular complexity index is 880. The zero-order valence-corrected chi connectivity index (χ0v) is 12.1. The highest BCUT2D eigenvalue weighted by atomic mass is 15.4. The number of benzene rings is 4. The van der Waals surface area contributed by atoms with Crippen LogP contribution in [0, 0.1) is 0 Å². The Labute approximate surface area is 129 Å². The van der Waals surface area contributed by atoms with Crippen molar-refractivity contribution in [2.24, 2.45) is 5.84 Å². The quantitative estimate of drug-likeness (QED) is 0.414. The molecule has 0 aliphatic carbocycles. The molecule has 2 nitrogen and oxygen atoms in total. The van der Waals surface area contributed by atoms with E-state index in [1.807, 2.05) is 24.3 Å². The van der Waals surface area contributed by atoms with Crippen LogP contribution in [0.4, 0.5) is 11.4 Å². The van der Waals surface area contributed by atoms with Crippen molar-refractivity contribution in [3.63, 3.8) is 0 Å². The summed E-state index contributed by atoms with van der Waals surface area (Å²) in [4.78, 5) is 0. The van der Waals surface area contributed by atoms with Gasteiger partial charge in [0.2, 0.25) is 0 Å². The fourth-order valence-electron chi connectivity index (χ4n) is 2.80. The molecular weight excluding hydrogens is 268 g/mol. The van der Waals surface area contributed by atoms with Gasteiger partial charge in [-0.05, 0) is 45.8 Å². The number of fused-ring (bicyclic) bond motifs is 2. The molecule has 0 amide bonds. The van der Waals surface area contributed by atoms with E-state index in [0.29, 0.717) is 0 Å². The summed E-state index contributed by atoms with van der Waals surface area (Å²) in [5.74, 6) is 6.33. The largest absolute Gasteiger partial charge is 0.280 e. The predicted molar refractivity (Wildman–Crippen MR) is 94.2 cm³/mol. The molecule has 0 fully saturated rings. The summed E-state index contributed by atoms with van der Waals surface area (Å²) in [6, 6.07) is 29.1. The summed E-state index contributed by atoms with van der Waals surface area (Å²) in [6.45, 7) is 0. The average Bonchev–Trinajstić information content (AvgIpc) is 2.60. The van der Waals surface area contributed by atoms with Crippen molar-refractivity contribution in [1.29, 1.82) is 0 Å². The first-order chi connectivity index (χ1) is 10.8. The molecule has 0 radical (unpaired) electrons. The van der Waals surface area contributed by atoms with E-state index in [4.69, 9.17) is 5.84 Å². The van der Waals surface area contributed by atoms with E-state index in [1.165, 1.54) is 21.5 Å².